The number of nitrogens with two attached hydrogens (primary N) is 1. The van der Waals surface area contributed by atoms with Gasteiger partial charge in [0.2, 0.25) is 0 Å². The molecule has 186 valence electrons. The number of hydrogen-bond donors (Lipinski definition) is 1. The van der Waals surface area contributed by atoms with Crippen molar-refractivity contribution in [2.75, 3.05) is 25.5 Å². The number of anilines is 1. The summed E-state index contributed by atoms with van der Waals surface area (Å²) in [7, 11) is 0. The SMILES string of the molecule is CCOc1ccc(/C=C/c2cc(C)c3n2[B-](F)(F)N2CC=CC2=C3c2ccc(N)cc2)cc1OCC. The van der Waals surface area contributed by atoms with Crippen molar-refractivity contribution in [1.82, 2.24) is 9.29 Å². The van der Waals surface area contributed by atoms with Crippen LogP contribution in [0.25, 0.3) is 17.7 Å². The summed E-state index contributed by atoms with van der Waals surface area (Å²) in [6.07, 6.45) is 7.15. The molecule has 5 nitrogen and oxygen atoms in total. The fraction of sp³-hybridized carbons (Fsp3) is 0.214. The maximum absolute atomic E-state index is 16.0. The molecule has 0 amide bonds. The molecular formula is C28H29BF2N3O2-. The number of nitrogen functional groups attached to an aromatic ring is 1. The predicted octanol–water partition coefficient (Wildman–Crippen LogP) is 6.21. The lowest BCUT2D eigenvalue weighted by Crippen LogP contribution is -2.54. The zero-order valence-electron chi connectivity index (χ0n) is 20.7. The molecule has 0 fully saturated rings. The molecule has 2 aromatic carbocycles. The number of fused-ring (bicyclic) bond motifs is 2. The van der Waals surface area contributed by atoms with Gasteiger partial charge >= 0.3 is 6.97 Å². The van der Waals surface area contributed by atoms with Crippen molar-refractivity contribution in [3.8, 4) is 11.5 Å². The van der Waals surface area contributed by atoms with Gasteiger partial charge in [-0.25, -0.2) is 0 Å². The van der Waals surface area contributed by atoms with Crippen LogP contribution in [0.15, 0.2) is 66.4 Å². The Labute approximate surface area is 210 Å². The van der Waals surface area contributed by atoms with Crippen molar-refractivity contribution in [3.63, 3.8) is 0 Å². The minimum absolute atomic E-state index is 0.164. The summed E-state index contributed by atoms with van der Waals surface area (Å²) in [6, 6.07) is 14.8. The number of nitrogens with zero attached hydrogens (tertiary/aromatic N) is 2. The van der Waals surface area contributed by atoms with Crippen LogP contribution in [0.2, 0.25) is 0 Å². The second-order valence-electron chi connectivity index (χ2n) is 8.90. The molecule has 3 heterocycles. The molecular weight excluding hydrogens is 459 g/mol. The van der Waals surface area contributed by atoms with E-state index in [2.05, 4.69) is 0 Å². The molecule has 1 aromatic heterocycles. The third-order valence-corrected chi connectivity index (χ3v) is 6.54. The first-order chi connectivity index (χ1) is 17.3. The molecule has 5 rings (SSSR count). The number of aromatic nitrogens is 1. The summed E-state index contributed by atoms with van der Waals surface area (Å²) in [5.74, 6) is 1.29. The van der Waals surface area contributed by atoms with Gasteiger partial charge in [-0.15, -0.1) is 0 Å². The number of halogens is 2. The maximum atomic E-state index is 16.0. The monoisotopic (exact) mass is 488 g/mol. The zero-order valence-corrected chi connectivity index (χ0v) is 20.7. The smallest absolute Gasteiger partial charge is 0.490 e. The first-order valence-corrected chi connectivity index (χ1v) is 12.2. The number of benzene rings is 2. The van der Waals surface area contributed by atoms with Crippen LogP contribution in [-0.2, 0) is 0 Å². The Kier molecular flexibility index (Phi) is 6.12. The third-order valence-electron chi connectivity index (χ3n) is 6.54. The molecule has 0 radical (unpaired) electrons. The lowest BCUT2D eigenvalue weighted by Gasteiger charge is -2.46. The Morgan fingerprint density at radius 2 is 1.69 bits per heavy atom. The van der Waals surface area contributed by atoms with Gasteiger partial charge in [-0.2, -0.15) is 0 Å². The third kappa shape index (κ3) is 3.96. The van der Waals surface area contributed by atoms with Crippen LogP contribution in [0.3, 0.4) is 0 Å². The van der Waals surface area contributed by atoms with E-state index < -0.39 is 6.97 Å². The fourth-order valence-electron chi connectivity index (χ4n) is 5.00. The molecule has 0 unspecified atom stereocenters. The minimum Gasteiger partial charge on any atom is -0.490 e. The van der Waals surface area contributed by atoms with Crippen LogP contribution in [0.1, 0.15) is 41.9 Å². The molecule has 8 heteroatoms. The van der Waals surface area contributed by atoms with E-state index in [1.54, 1.807) is 30.4 Å². The molecule has 0 saturated heterocycles. The lowest BCUT2D eigenvalue weighted by molar-refractivity contribution is 0.287. The highest BCUT2D eigenvalue weighted by molar-refractivity contribution is 6.63. The van der Waals surface area contributed by atoms with Crippen LogP contribution in [0.4, 0.5) is 14.3 Å². The van der Waals surface area contributed by atoms with E-state index in [0.717, 1.165) is 22.3 Å². The van der Waals surface area contributed by atoms with E-state index in [4.69, 9.17) is 15.2 Å². The van der Waals surface area contributed by atoms with Crippen molar-refractivity contribution >= 4 is 30.4 Å². The molecule has 3 aromatic rings. The number of hydrogen-bond acceptors (Lipinski definition) is 4. The van der Waals surface area contributed by atoms with Gasteiger partial charge in [0.15, 0.2) is 11.5 Å². The molecule has 0 saturated carbocycles. The van der Waals surface area contributed by atoms with Gasteiger partial charge in [-0.1, -0.05) is 30.4 Å². The summed E-state index contributed by atoms with van der Waals surface area (Å²) in [6.45, 7) is 2.86. The number of aryl methyl sites for hydroxylation is 1. The first-order valence-electron chi connectivity index (χ1n) is 12.2. The molecule has 0 atom stereocenters. The van der Waals surface area contributed by atoms with Gasteiger partial charge in [0.1, 0.15) is 0 Å². The summed E-state index contributed by atoms with van der Waals surface area (Å²) in [5, 5.41) is 0. The van der Waals surface area contributed by atoms with Crippen molar-refractivity contribution < 1.29 is 18.1 Å². The van der Waals surface area contributed by atoms with Gasteiger partial charge in [-0.05, 0) is 79.9 Å². The molecule has 36 heavy (non-hydrogen) atoms. The Balaban J connectivity index is 1.61. The fourth-order valence-corrected chi connectivity index (χ4v) is 5.00. The van der Waals surface area contributed by atoms with E-state index in [-0.39, 0.29) is 6.54 Å². The Morgan fingerprint density at radius 1 is 0.972 bits per heavy atom. The quantitative estimate of drug-likeness (QED) is 0.317. The van der Waals surface area contributed by atoms with Gasteiger partial charge in [0, 0.05) is 34.9 Å². The second-order valence-corrected chi connectivity index (χ2v) is 8.90. The summed E-state index contributed by atoms with van der Waals surface area (Å²) in [4.78, 5) is 1.21. The predicted molar refractivity (Wildman–Crippen MR) is 143 cm³/mol. The summed E-state index contributed by atoms with van der Waals surface area (Å²) in [5.41, 5.74) is 11.3. The molecule has 2 aliphatic heterocycles. The number of allylic oxidation sites excluding steroid dienone is 1. The van der Waals surface area contributed by atoms with E-state index in [1.807, 2.05) is 63.2 Å². The van der Waals surface area contributed by atoms with Gasteiger partial charge in [-0.3, -0.25) is 0 Å². The Morgan fingerprint density at radius 3 is 2.42 bits per heavy atom. The Hall–Kier alpha value is -3.94. The van der Waals surface area contributed by atoms with Gasteiger partial charge in [0.25, 0.3) is 0 Å². The molecule has 0 bridgehead atoms. The van der Waals surface area contributed by atoms with Crippen molar-refractivity contribution in [2.45, 2.75) is 20.8 Å². The van der Waals surface area contributed by atoms with E-state index in [9.17, 15) is 0 Å². The van der Waals surface area contributed by atoms with E-state index >= 15 is 8.63 Å². The van der Waals surface area contributed by atoms with Crippen molar-refractivity contribution in [2.24, 2.45) is 0 Å². The molecule has 0 spiro atoms. The molecule has 0 aliphatic carbocycles. The first kappa shape index (κ1) is 23.8. The van der Waals surface area contributed by atoms with Crippen LogP contribution in [-0.4, -0.2) is 36.0 Å². The lowest BCUT2D eigenvalue weighted by atomic mass is 9.84. The van der Waals surface area contributed by atoms with Crippen molar-refractivity contribution in [3.05, 3.63) is 94.5 Å². The van der Waals surface area contributed by atoms with Crippen LogP contribution >= 0.6 is 0 Å². The van der Waals surface area contributed by atoms with Gasteiger partial charge in [0.05, 0.1) is 13.2 Å². The average molecular weight is 488 g/mol. The maximum Gasteiger partial charge on any atom is 0.529 e. The van der Waals surface area contributed by atoms with Gasteiger partial charge < -0.3 is 33.1 Å². The highest BCUT2D eigenvalue weighted by Crippen LogP contribution is 2.44. The Bertz CT molecular complexity index is 1390. The van der Waals surface area contributed by atoms with Crippen LogP contribution in [0, 0.1) is 6.92 Å². The number of ether oxygens (including phenoxy) is 2. The second kappa shape index (κ2) is 9.26. The highest BCUT2D eigenvalue weighted by atomic mass is 19.2. The normalized spacial score (nSPS) is 16.0. The minimum atomic E-state index is -4.04. The topological polar surface area (TPSA) is 52.7 Å². The average Bonchev–Trinajstić information content (AvgIpc) is 3.47. The van der Waals surface area contributed by atoms with Crippen molar-refractivity contribution in [1.29, 1.82) is 0 Å². The summed E-state index contributed by atoms with van der Waals surface area (Å²) < 4.78 is 44.5. The van der Waals surface area contributed by atoms with E-state index in [0.29, 0.717) is 47.5 Å². The van der Waals surface area contributed by atoms with E-state index in [1.165, 1.54) is 9.29 Å². The highest BCUT2D eigenvalue weighted by Gasteiger charge is 2.44. The zero-order chi connectivity index (χ0) is 25.4. The molecule has 2 N–H and O–H groups in total. The number of rotatable bonds is 7. The standard InChI is InChI=1S/C28H29BF2N3O2/c1-4-35-25-15-9-20(18-26(25)36-5-2)8-14-23-17-19(3)28-27(21-10-12-22(32)13-11-21)24-7-6-16-33(24)29(30,31)34(23)28/h6-15,17-18H,4-5,16,32H2,1-3H3/q-1/b14-8+. The molecule has 2 aliphatic rings. The van der Waals surface area contributed by atoms with Crippen LogP contribution < -0.4 is 15.2 Å². The summed E-state index contributed by atoms with van der Waals surface area (Å²) >= 11 is 0. The largest absolute Gasteiger partial charge is 0.529 e. The van der Waals surface area contributed by atoms with Crippen LogP contribution in [0.5, 0.6) is 11.5 Å².